The third kappa shape index (κ3) is 2.90. The molecule has 0 bridgehead atoms. The zero-order valence-corrected chi connectivity index (χ0v) is 15.5. The third-order valence-corrected chi connectivity index (χ3v) is 5.80. The van der Waals surface area contributed by atoms with Gasteiger partial charge in [-0.3, -0.25) is 0 Å². The van der Waals surface area contributed by atoms with Crippen LogP contribution in [0, 0.1) is 13.8 Å². The molecule has 1 saturated carbocycles. The van der Waals surface area contributed by atoms with E-state index in [0.29, 0.717) is 0 Å². The molecule has 2 nitrogen and oxygen atoms in total. The lowest BCUT2D eigenvalue weighted by molar-refractivity contribution is 0.346. The maximum Gasteiger partial charge on any atom is 0.0367 e. The molecule has 2 aromatic carbocycles. The molecule has 2 heteroatoms. The second-order valence-electron chi connectivity index (χ2n) is 7.20. The molecular weight excluding hydrogens is 292 g/mol. The number of benzene rings is 2. The molecule has 0 radical (unpaired) electrons. The molecule has 1 aliphatic carbocycles. The molecular formula is C22H30N2. The van der Waals surface area contributed by atoms with E-state index >= 15 is 0 Å². The third-order valence-electron chi connectivity index (χ3n) is 5.80. The van der Waals surface area contributed by atoms with Crippen molar-refractivity contribution in [1.82, 2.24) is 0 Å². The monoisotopic (exact) mass is 322 g/mol. The highest BCUT2D eigenvalue weighted by atomic mass is 14.8. The van der Waals surface area contributed by atoms with E-state index in [1.807, 2.05) is 14.1 Å². The second-order valence-corrected chi connectivity index (χ2v) is 7.20. The Bertz CT molecular complexity index is 656. The molecule has 128 valence electrons. The summed E-state index contributed by atoms with van der Waals surface area (Å²) in [7, 11) is 4.00. The first-order chi connectivity index (χ1) is 11.6. The van der Waals surface area contributed by atoms with Gasteiger partial charge in [0, 0.05) is 30.9 Å². The van der Waals surface area contributed by atoms with E-state index in [-0.39, 0.29) is 5.41 Å². The zero-order valence-electron chi connectivity index (χ0n) is 15.5. The van der Waals surface area contributed by atoms with Crippen molar-refractivity contribution in [3.05, 3.63) is 58.7 Å². The van der Waals surface area contributed by atoms with Crippen LogP contribution in [0.3, 0.4) is 0 Å². The van der Waals surface area contributed by atoms with E-state index in [0.717, 1.165) is 0 Å². The number of hydrogen-bond donors (Lipinski definition) is 2. The standard InChI is InChI=1S/C22H30N2/c1-16-14-18(8-10-20(16)23-3)22(12-6-5-7-13-22)19-9-11-21(24-4)17(2)15-19/h8-11,14-15,23-24H,5-7,12-13H2,1-4H3. The van der Waals surface area contributed by atoms with Gasteiger partial charge in [0.1, 0.15) is 0 Å². The first-order valence-electron chi connectivity index (χ1n) is 9.18. The van der Waals surface area contributed by atoms with Crippen LogP contribution in [0.15, 0.2) is 36.4 Å². The van der Waals surface area contributed by atoms with Gasteiger partial charge in [-0.25, -0.2) is 0 Å². The fourth-order valence-corrected chi connectivity index (χ4v) is 4.38. The summed E-state index contributed by atoms with van der Waals surface area (Å²) >= 11 is 0. The van der Waals surface area contributed by atoms with Gasteiger partial charge in [-0.2, -0.15) is 0 Å². The molecule has 0 spiro atoms. The van der Waals surface area contributed by atoms with Crippen LogP contribution < -0.4 is 10.6 Å². The van der Waals surface area contributed by atoms with Gasteiger partial charge >= 0.3 is 0 Å². The molecule has 0 amide bonds. The van der Waals surface area contributed by atoms with Crippen molar-refractivity contribution in [2.24, 2.45) is 0 Å². The smallest absolute Gasteiger partial charge is 0.0367 e. The van der Waals surface area contributed by atoms with Crippen LogP contribution >= 0.6 is 0 Å². The molecule has 0 atom stereocenters. The maximum absolute atomic E-state index is 3.29. The van der Waals surface area contributed by atoms with Gasteiger partial charge in [0.05, 0.1) is 0 Å². The molecule has 3 rings (SSSR count). The van der Waals surface area contributed by atoms with Gasteiger partial charge in [-0.15, -0.1) is 0 Å². The molecule has 0 aliphatic heterocycles. The fourth-order valence-electron chi connectivity index (χ4n) is 4.38. The Morgan fingerprint density at radius 2 is 1.17 bits per heavy atom. The van der Waals surface area contributed by atoms with E-state index in [1.54, 1.807) is 0 Å². The molecule has 1 fully saturated rings. The Morgan fingerprint density at radius 1 is 0.708 bits per heavy atom. The summed E-state index contributed by atoms with van der Waals surface area (Å²) < 4.78 is 0. The average Bonchev–Trinajstić information content (AvgIpc) is 2.62. The number of hydrogen-bond acceptors (Lipinski definition) is 2. The van der Waals surface area contributed by atoms with Crippen LogP contribution in [-0.2, 0) is 5.41 Å². The molecule has 0 saturated heterocycles. The van der Waals surface area contributed by atoms with Crippen molar-refractivity contribution in [1.29, 1.82) is 0 Å². The summed E-state index contributed by atoms with van der Waals surface area (Å²) in [4.78, 5) is 0. The van der Waals surface area contributed by atoms with Crippen LogP contribution in [0.4, 0.5) is 11.4 Å². The number of aryl methyl sites for hydroxylation is 2. The summed E-state index contributed by atoms with van der Waals surface area (Å²) in [5.41, 5.74) is 8.27. The maximum atomic E-state index is 3.29. The minimum Gasteiger partial charge on any atom is -0.388 e. The van der Waals surface area contributed by atoms with Gasteiger partial charge in [-0.05, 0) is 61.1 Å². The van der Waals surface area contributed by atoms with Crippen molar-refractivity contribution in [3.63, 3.8) is 0 Å². The number of anilines is 2. The predicted molar refractivity (Wildman–Crippen MR) is 105 cm³/mol. The summed E-state index contributed by atoms with van der Waals surface area (Å²) in [5.74, 6) is 0. The van der Waals surface area contributed by atoms with Crippen molar-refractivity contribution >= 4 is 11.4 Å². The van der Waals surface area contributed by atoms with Crippen LogP contribution in [0.2, 0.25) is 0 Å². The largest absolute Gasteiger partial charge is 0.388 e. The van der Waals surface area contributed by atoms with Gasteiger partial charge < -0.3 is 10.6 Å². The molecule has 0 aromatic heterocycles. The van der Waals surface area contributed by atoms with Gasteiger partial charge in [-0.1, -0.05) is 43.5 Å². The Kier molecular flexibility index (Phi) is 4.84. The normalized spacial score (nSPS) is 16.7. The SMILES string of the molecule is CNc1ccc(C2(c3ccc(NC)c(C)c3)CCCCC2)cc1C. The van der Waals surface area contributed by atoms with Crippen molar-refractivity contribution in [2.45, 2.75) is 51.4 Å². The Balaban J connectivity index is 2.11. The molecule has 2 N–H and O–H groups in total. The van der Waals surface area contributed by atoms with Crippen LogP contribution in [0.1, 0.15) is 54.4 Å². The molecule has 24 heavy (non-hydrogen) atoms. The van der Waals surface area contributed by atoms with Crippen LogP contribution in [0.25, 0.3) is 0 Å². The summed E-state index contributed by atoms with van der Waals surface area (Å²) in [6, 6.07) is 14.0. The minimum absolute atomic E-state index is 0.173. The van der Waals surface area contributed by atoms with Crippen LogP contribution in [0.5, 0.6) is 0 Å². The first kappa shape index (κ1) is 16.9. The topological polar surface area (TPSA) is 24.1 Å². The first-order valence-corrected chi connectivity index (χ1v) is 9.18. The van der Waals surface area contributed by atoms with E-state index in [9.17, 15) is 0 Å². The van der Waals surface area contributed by atoms with Crippen LogP contribution in [-0.4, -0.2) is 14.1 Å². The highest BCUT2D eigenvalue weighted by Gasteiger charge is 2.36. The van der Waals surface area contributed by atoms with Crippen molar-refractivity contribution in [3.8, 4) is 0 Å². The summed E-state index contributed by atoms with van der Waals surface area (Å²) in [6.07, 6.45) is 6.51. The predicted octanol–water partition coefficient (Wildman–Crippen LogP) is 5.64. The molecule has 2 aromatic rings. The zero-order chi connectivity index (χ0) is 17.2. The molecule has 0 unspecified atom stereocenters. The Hall–Kier alpha value is -1.96. The fraction of sp³-hybridized carbons (Fsp3) is 0.455. The van der Waals surface area contributed by atoms with Crippen molar-refractivity contribution < 1.29 is 0 Å². The summed E-state index contributed by atoms with van der Waals surface area (Å²) in [6.45, 7) is 4.42. The van der Waals surface area contributed by atoms with Gasteiger partial charge in [0.2, 0.25) is 0 Å². The highest BCUT2D eigenvalue weighted by molar-refractivity contribution is 5.57. The van der Waals surface area contributed by atoms with Gasteiger partial charge in [0.25, 0.3) is 0 Å². The molecule has 0 heterocycles. The number of nitrogens with one attached hydrogen (secondary N) is 2. The van der Waals surface area contributed by atoms with E-state index < -0.39 is 0 Å². The quantitative estimate of drug-likeness (QED) is 0.761. The summed E-state index contributed by atoms with van der Waals surface area (Å²) in [5, 5.41) is 6.59. The second kappa shape index (κ2) is 6.88. The van der Waals surface area contributed by atoms with Gasteiger partial charge in [0.15, 0.2) is 0 Å². The molecule has 1 aliphatic rings. The number of rotatable bonds is 4. The lowest BCUT2D eigenvalue weighted by atomic mass is 9.65. The average molecular weight is 322 g/mol. The highest BCUT2D eigenvalue weighted by Crippen LogP contribution is 2.46. The minimum atomic E-state index is 0.173. The lowest BCUT2D eigenvalue weighted by Crippen LogP contribution is -2.30. The Labute approximate surface area is 146 Å². The van der Waals surface area contributed by atoms with E-state index in [2.05, 4.69) is 60.9 Å². The Morgan fingerprint density at radius 3 is 1.54 bits per heavy atom. The van der Waals surface area contributed by atoms with E-state index in [4.69, 9.17) is 0 Å². The van der Waals surface area contributed by atoms with E-state index in [1.165, 1.54) is 65.7 Å². The lowest BCUT2D eigenvalue weighted by Gasteiger charge is -2.39. The van der Waals surface area contributed by atoms with Crippen molar-refractivity contribution in [2.75, 3.05) is 24.7 Å².